The van der Waals surface area contributed by atoms with Crippen LogP contribution in [0, 0.1) is 12.8 Å². The van der Waals surface area contributed by atoms with Crippen LogP contribution in [0.4, 0.5) is 13.2 Å². The number of pyridine rings is 2. The van der Waals surface area contributed by atoms with Gasteiger partial charge >= 0.3 is 6.18 Å². The number of aromatic nitrogens is 4. The molecule has 0 radical (unpaired) electrons. The average Bonchev–Trinajstić information content (AvgIpc) is 3.29. The van der Waals surface area contributed by atoms with Gasteiger partial charge in [-0.15, -0.1) is 12.8 Å². The van der Waals surface area contributed by atoms with Crippen LogP contribution in [0.3, 0.4) is 0 Å². The third kappa shape index (κ3) is 6.88. The molecule has 1 aliphatic rings. The van der Waals surface area contributed by atoms with Crippen molar-refractivity contribution < 1.29 is 22.2 Å². The smallest absolute Gasteiger partial charge is 0.351 e. The van der Waals surface area contributed by atoms with Gasteiger partial charge in [-0.1, -0.05) is 11.6 Å². The van der Waals surface area contributed by atoms with E-state index < -0.39 is 29.0 Å². The van der Waals surface area contributed by atoms with Crippen molar-refractivity contribution in [3.63, 3.8) is 0 Å². The molecular weight excluding hydrogens is 529 g/mol. The fourth-order valence-electron chi connectivity index (χ4n) is 3.72. The highest BCUT2D eigenvalue weighted by molar-refractivity contribution is 7.82. The number of halogens is 4. The summed E-state index contributed by atoms with van der Waals surface area (Å²) in [5.41, 5.74) is 1.37. The molecule has 1 amide bonds. The van der Waals surface area contributed by atoms with Crippen molar-refractivity contribution in [2.45, 2.75) is 49.6 Å². The first-order valence-corrected chi connectivity index (χ1v) is 12.4. The summed E-state index contributed by atoms with van der Waals surface area (Å²) in [5.74, 6) is -1.51. The summed E-state index contributed by atoms with van der Waals surface area (Å²) < 4.78 is 52.8. The highest BCUT2D eigenvalue weighted by atomic mass is 35.5. The van der Waals surface area contributed by atoms with E-state index in [-0.39, 0.29) is 18.5 Å². The van der Waals surface area contributed by atoms with Crippen molar-refractivity contribution in [2.75, 3.05) is 0 Å². The maximum Gasteiger partial charge on any atom is 0.451 e. The molecule has 0 spiro atoms. The van der Waals surface area contributed by atoms with E-state index in [0.717, 1.165) is 12.4 Å². The molecule has 3 aromatic heterocycles. The van der Waals surface area contributed by atoms with Gasteiger partial charge < -0.3 is 5.32 Å². The number of hydrogen-bond donors (Lipinski definition) is 1. The Balaban J connectivity index is 0.00000186. The lowest BCUT2D eigenvalue weighted by atomic mass is 10.1. The Morgan fingerprint density at radius 2 is 1.84 bits per heavy atom. The number of nitrogens with one attached hydrogen (secondary N) is 1. The lowest BCUT2D eigenvalue weighted by Gasteiger charge is -2.25. The Kier molecular flexibility index (Phi) is 9.31. The number of amides is 1. The molecular formula is C24H22ClF3N6O2S. The van der Waals surface area contributed by atoms with Crippen LogP contribution in [-0.2, 0) is 28.5 Å². The number of carbonyl (C=O) groups is 1. The van der Waals surface area contributed by atoms with Crippen LogP contribution >= 0.6 is 11.6 Å². The van der Waals surface area contributed by atoms with Crippen LogP contribution in [0.25, 0.3) is 11.3 Å². The third-order valence-corrected chi connectivity index (χ3v) is 7.29. The molecule has 0 bridgehead atoms. The molecule has 1 aliphatic heterocycles. The molecule has 1 unspecified atom stereocenters. The molecule has 194 valence electrons. The molecule has 1 saturated heterocycles. The first-order chi connectivity index (χ1) is 17.6. The fraction of sp³-hybridized carbons (Fsp3) is 0.292. The molecule has 8 nitrogen and oxygen atoms in total. The standard InChI is InChI=1S/C22H20ClF3N6O2S.C2H2/c1-13-2-4-18(32(13)35(34)19-5-3-16(23)12-28-19)20(33)29-9-14-6-7-27-17(8-14)15-10-30-21(31-11-15)22(24,25)26;1-2/h3,5-8,10-13,18H,2,4,9H2,1H3,(H,29,33);1-2H/t13-,18-,35?;/m0./s1. The average molecular weight is 551 g/mol. The van der Waals surface area contributed by atoms with Gasteiger partial charge in [0, 0.05) is 42.9 Å². The molecule has 13 heteroatoms. The van der Waals surface area contributed by atoms with Gasteiger partial charge in [0.2, 0.25) is 11.7 Å². The summed E-state index contributed by atoms with van der Waals surface area (Å²) in [6, 6.07) is 5.79. The number of nitrogens with zero attached hydrogens (tertiary/aromatic N) is 5. The zero-order chi connectivity index (χ0) is 27.2. The summed E-state index contributed by atoms with van der Waals surface area (Å²) in [4.78, 5) is 28.0. The van der Waals surface area contributed by atoms with Gasteiger partial charge in [-0.05, 0) is 49.6 Å². The normalized spacial score (nSPS) is 18.5. The topological polar surface area (TPSA) is 101 Å². The molecule has 0 aromatic carbocycles. The van der Waals surface area contributed by atoms with E-state index in [4.69, 9.17) is 11.6 Å². The van der Waals surface area contributed by atoms with Crippen LogP contribution < -0.4 is 5.32 Å². The number of carbonyl (C=O) groups excluding carboxylic acids is 1. The maximum absolute atomic E-state index is 13.1. The molecule has 3 atom stereocenters. The summed E-state index contributed by atoms with van der Waals surface area (Å²) in [6.07, 6.45) is 9.61. The highest BCUT2D eigenvalue weighted by Crippen LogP contribution is 2.29. The zero-order valence-corrected chi connectivity index (χ0v) is 21.1. The van der Waals surface area contributed by atoms with Crippen molar-refractivity contribution in [2.24, 2.45) is 0 Å². The number of terminal acetylenes is 1. The Morgan fingerprint density at radius 1 is 1.14 bits per heavy atom. The Morgan fingerprint density at radius 3 is 2.46 bits per heavy atom. The number of alkyl halides is 3. The van der Waals surface area contributed by atoms with Crippen LogP contribution in [0.2, 0.25) is 5.02 Å². The second-order valence-corrected chi connectivity index (χ2v) is 9.70. The van der Waals surface area contributed by atoms with E-state index in [1.54, 1.807) is 28.6 Å². The summed E-state index contributed by atoms with van der Waals surface area (Å²) in [5, 5.41) is 3.59. The van der Waals surface area contributed by atoms with Crippen molar-refractivity contribution in [3.05, 3.63) is 65.5 Å². The van der Waals surface area contributed by atoms with Gasteiger partial charge in [0.25, 0.3) is 0 Å². The van der Waals surface area contributed by atoms with Crippen molar-refractivity contribution in [1.29, 1.82) is 0 Å². The highest BCUT2D eigenvalue weighted by Gasteiger charge is 2.40. The fourth-order valence-corrected chi connectivity index (χ4v) is 5.24. The molecule has 1 fully saturated rings. The van der Waals surface area contributed by atoms with Gasteiger partial charge in [0.15, 0.2) is 0 Å². The lowest BCUT2D eigenvalue weighted by molar-refractivity contribution is -0.145. The predicted octanol–water partition coefficient (Wildman–Crippen LogP) is 4.05. The van der Waals surface area contributed by atoms with E-state index in [9.17, 15) is 22.2 Å². The third-order valence-electron chi connectivity index (χ3n) is 5.47. The van der Waals surface area contributed by atoms with Gasteiger partial charge in [-0.25, -0.2) is 23.5 Å². The predicted molar refractivity (Wildman–Crippen MR) is 132 cm³/mol. The molecule has 4 heterocycles. The van der Waals surface area contributed by atoms with Crippen molar-refractivity contribution in [3.8, 4) is 24.1 Å². The minimum absolute atomic E-state index is 0.0868. The van der Waals surface area contributed by atoms with Crippen LogP contribution in [0.15, 0.2) is 54.1 Å². The first kappa shape index (κ1) is 28.2. The van der Waals surface area contributed by atoms with Crippen molar-refractivity contribution in [1.82, 2.24) is 29.6 Å². The Bertz CT molecular complexity index is 1270. The van der Waals surface area contributed by atoms with E-state index in [2.05, 4.69) is 38.1 Å². The second kappa shape index (κ2) is 12.2. The summed E-state index contributed by atoms with van der Waals surface area (Å²) in [7, 11) is -1.63. The van der Waals surface area contributed by atoms with Gasteiger partial charge in [0.1, 0.15) is 22.1 Å². The molecule has 0 aliphatic carbocycles. The molecule has 1 N–H and O–H groups in total. The van der Waals surface area contributed by atoms with E-state index >= 15 is 0 Å². The second-order valence-electron chi connectivity index (χ2n) is 7.93. The Hall–Kier alpha value is -3.40. The van der Waals surface area contributed by atoms with Gasteiger partial charge in [-0.3, -0.25) is 9.78 Å². The minimum Gasteiger partial charge on any atom is -0.351 e. The largest absolute Gasteiger partial charge is 0.451 e. The van der Waals surface area contributed by atoms with E-state index in [0.29, 0.717) is 39.7 Å². The van der Waals surface area contributed by atoms with Gasteiger partial charge in [0.05, 0.1) is 10.7 Å². The lowest BCUT2D eigenvalue weighted by Crippen LogP contribution is -2.46. The van der Waals surface area contributed by atoms with E-state index in [1.807, 2.05) is 6.92 Å². The van der Waals surface area contributed by atoms with Crippen molar-refractivity contribution >= 4 is 28.5 Å². The molecule has 4 rings (SSSR count). The first-order valence-electron chi connectivity index (χ1n) is 10.9. The summed E-state index contributed by atoms with van der Waals surface area (Å²) >= 11 is 5.86. The minimum atomic E-state index is -4.63. The van der Waals surface area contributed by atoms with Crippen LogP contribution in [0.1, 0.15) is 31.2 Å². The van der Waals surface area contributed by atoms with Crippen LogP contribution in [-0.4, -0.2) is 46.4 Å². The summed E-state index contributed by atoms with van der Waals surface area (Å²) in [6.45, 7) is 2.06. The Labute approximate surface area is 219 Å². The SMILES string of the molecule is C#C.C[C@H]1CC[C@@H](C(=O)NCc2ccnc(-c3cnc(C(F)(F)F)nc3)c2)N1S(=O)c1ccc(Cl)cn1. The van der Waals surface area contributed by atoms with Crippen LogP contribution in [0.5, 0.6) is 0 Å². The zero-order valence-electron chi connectivity index (χ0n) is 19.5. The molecule has 0 saturated carbocycles. The number of rotatable bonds is 6. The monoisotopic (exact) mass is 550 g/mol. The molecule has 37 heavy (non-hydrogen) atoms. The number of hydrogen-bond acceptors (Lipinski definition) is 6. The van der Waals surface area contributed by atoms with E-state index in [1.165, 1.54) is 12.4 Å². The maximum atomic E-state index is 13.1. The molecule has 3 aromatic rings. The quantitative estimate of drug-likeness (QED) is 0.465. The van der Waals surface area contributed by atoms with Gasteiger partial charge in [-0.2, -0.15) is 13.2 Å².